The lowest BCUT2D eigenvalue weighted by molar-refractivity contribution is -0.125. The quantitative estimate of drug-likeness (QED) is 0.772. The summed E-state index contributed by atoms with van der Waals surface area (Å²) in [6.07, 6.45) is 1.39. The number of carbonyl (C=O) groups excluding carboxylic acids is 2. The molecule has 3 saturated heterocycles. The number of amides is 1. The molecule has 5 heterocycles. The molecule has 1 aromatic carbocycles. The van der Waals surface area contributed by atoms with Crippen molar-refractivity contribution < 1.29 is 19.1 Å². The predicted molar refractivity (Wildman–Crippen MR) is 104 cm³/mol. The van der Waals surface area contributed by atoms with Gasteiger partial charge in [0.25, 0.3) is 5.91 Å². The maximum Gasteiger partial charge on any atom is 0.275 e. The standard InChI is InChI=1S/C21H24N4O4/c1-28-15-4-2-14(3-5-15)25-17-7-11-29-13-16(17)20(22-25)21(27)24-10-9-23-8-6-18(24)19(26)12-23/h2-5,18H,6-13H2,1H3. The van der Waals surface area contributed by atoms with Crippen LogP contribution in [0.2, 0.25) is 0 Å². The van der Waals surface area contributed by atoms with Crippen molar-refractivity contribution in [1.29, 1.82) is 0 Å². The first-order chi connectivity index (χ1) is 14.2. The Kier molecular flexibility index (Phi) is 4.60. The van der Waals surface area contributed by atoms with Gasteiger partial charge in [-0.15, -0.1) is 0 Å². The van der Waals surface area contributed by atoms with Crippen molar-refractivity contribution in [3.63, 3.8) is 0 Å². The fraction of sp³-hybridized carbons (Fsp3) is 0.476. The number of ketones is 1. The van der Waals surface area contributed by atoms with Crippen LogP contribution < -0.4 is 4.74 Å². The first kappa shape index (κ1) is 18.3. The molecule has 8 heteroatoms. The molecule has 8 nitrogen and oxygen atoms in total. The summed E-state index contributed by atoms with van der Waals surface area (Å²) in [4.78, 5) is 29.9. The number of nitrogens with zero attached hydrogens (tertiary/aromatic N) is 4. The van der Waals surface area contributed by atoms with Crippen molar-refractivity contribution in [3.05, 3.63) is 41.2 Å². The van der Waals surface area contributed by atoms with Crippen LogP contribution >= 0.6 is 0 Å². The van der Waals surface area contributed by atoms with Crippen LogP contribution in [-0.4, -0.2) is 77.2 Å². The van der Waals surface area contributed by atoms with Gasteiger partial charge in [0, 0.05) is 31.6 Å². The Balaban J connectivity index is 1.53. The molecule has 0 saturated carbocycles. The van der Waals surface area contributed by atoms with Crippen LogP contribution in [0.3, 0.4) is 0 Å². The van der Waals surface area contributed by atoms with Crippen molar-refractivity contribution in [1.82, 2.24) is 19.6 Å². The maximum atomic E-state index is 13.5. The second-order valence-electron chi connectivity index (χ2n) is 7.73. The van der Waals surface area contributed by atoms with Crippen LogP contribution in [0, 0.1) is 0 Å². The molecular formula is C21H24N4O4. The first-order valence-electron chi connectivity index (χ1n) is 10.0. The number of carbonyl (C=O) groups is 2. The van der Waals surface area contributed by atoms with Crippen molar-refractivity contribution in [2.45, 2.75) is 25.5 Å². The predicted octanol–water partition coefficient (Wildman–Crippen LogP) is 1.05. The summed E-state index contributed by atoms with van der Waals surface area (Å²) in [5, 5.41) is 4.71. The lowest BCUT2D eigenvalue weighted by atomic mass is 10.0. The maximum absolute atomic E-state index is 13.5. The molecule has 0 radical (unpaired) electrons. The van der Waals surface area contributed by atoms with Gasteiger partial charge < -0.3 is 14.4 Å². The van der Waals surface area contributed by atoms with Crippen LogP contribution in [0.4, 0.5) is 0 Å². The number of Topliss-reactive ketones (excluding diaryl/α,β-unsaturated/α-hetero) is 1. The van der Waals surface area contributed by atoms with Crippen LogP contribution in [0.25, 0.3) is 5.69 Å². The molecule has 1 aromatic heterocycles. The van der Waals surface area contributed by atoms with Crippen LogP contribution in [-0.2, 0) is 22.6 Å². The fourth-order valence-electron chi connectivity index (χ4n) is 4.52. The Bertz CT molecular complexity index is 952. The number of hydrogen-bond donors (Lipinski definition) is 0. The van der Waals surface area contributed by atoms with E-state index in [0.717, 1.165) is 35.8 Å². The van der Waals surface area contributed by atoms with Gasteiger partial charge in [0.2, 0.25) is 0 Å². The summed E-state index contributed by atoms with van der Waals surface area (Å²) in [6.45, 7) is 3.55. The number of methoxy groups -OCH3 is 1. The molecule has 29 heavy (non-hydrogen) atoms. The van der Waals surface area contributed by atoms with Gasteiger partial charge in [0.15, 0.2) is 11.5 Å². The summed E-state index contributed by atoms with van der Waals surface area (Å²) in [7, 11) is 1.63. The average molecular weight is 396 g/mol. The summed E-state index contributed by atoms with van der Waals surface area (Å²) in [5.41, 5.74) is 3.12. The Morgan fingerprint density at radius 1 is 1.21 bits per heavy atom. The van der Waals surface area contributed by atoms with Crippen LogP contribution in [0.5, 0.6) is 5.75 Å². The van der Waals surface area contributed by atoms with E-state index in [4.69, 9.17) is 14.6 Å². The van der Waals surface area contributed by atoms with E-state index in [0.29, 0.717) is 44.8 Å². The first-order valence-corrected chi connectivity index (χ1v) is 10.0. The molecule has 4 aliphatic rings. The topological polar surface area (TPSA) is 76.9 Å². The van der Waals surface area contributed by atoms with E-state index in [2.05, 4.69) is 4.90 Å². The molecule has 0 N–H and O–H groups in total. The average Bonchev–Trinajstić information content (AvgIpc) is 2.91. The minimum Gasteiger partial charge on any atom is -0.497 e. The van der Waals surface area contributed by atoms with E-state index in [1.165, 1.54) is 0 Å². The molecule has 2 bridgehead atoms. The summed E-state index contributed by atoms with van der Waals surface area (Å²) in [5.74, 6) is 0.728. The third-order valence-electron chi connectivity index (χ3n) is 6.10. The lowest BCUT2D eigenvalue weighted by Crippen LogP contribution is -2.48. The Morgan fingerprint density at radius 2 is 2.03 bits per heavy atom. The van der Waals surface area contributed by atoms with Crippen molar-refractivity contribution in [2.75, 3.05) is 39.9 Å². The zero-order chi connectivity index (χ0) is 20.0. The normalized spacial score (nSPS) is 23.6. The lowest BCUT2D eigenvalue weighted by Gasteiger charge is -2.30. The molecule has 6 rings (SSSR count). The molecule has 1 amide bonds. The molecule has 2 unspecified atom stereocenters. The van der Waals surface area contributed by atoms with E-state index in [1.54, 1.807) is 12.0 Å². The number of ether oxygens (including phenoxy) is 2. The van der Waals surface area contributed by atoms with Crippen molar-refractivity contribution in [2.24, 2.45) is 0 Å². The highest BCUT2D eigenvalue weighted by molar-refractivity contribution is 5.99. The van der Waals surface area contributed by atoms with Crippen molar-refractivity contribution >= 4 is 11.7 Å². The minimum absolute atomic E-state index is 0.127. The van der Waals surface area contributed by atoms with Crippen LogP contribution in [0.15, 0.2) is 24.3 Å². The highest BCUT2D eigenvalue weighted by atomic mass is 16.5. The Morgan fingerprint density at radius 3 is 2.79 bits per heavy atom. The van der Waals surface area contributed by atoms with Gasteiger partial charge in [0.1, 0.15) is 5.75 Å². The fourth-order valence-corrected chi connectivity index (χ4v) is 4.52. The number of rotatable bonds is 3. The van der Waals surface area contributed by atoms with Gasteiger partial charge in [0.05, 0.1) is 44.3 Å². The zero-order valence-electron chi connectivity index (χ0n) is 16.5. The van der Waals surface area contributed by atoms with Gasteiger partial charge in [-0.25, -0.2) is 4.68 Å². The van der Waals surface area contributed by atoms with E-state index in [-0.39, 0.29) is 17.7 Å². The van der Waals surface area contributed by atoms with E-state index < -0.39 is 0 Å². The number of piperidine rings is 1. The number of aromatic nitrogens is 2. The van der Waals surface area contributed by atoms with Crippen LogP contribution in [0.1, 0.15) is 28.2 Å². The van der Waals surface area contributed by atoms with Gasteiger partial charge in [-0.05, 0) is 30.7 Å². The zero-order valence-corrected chi connectivity index (χ0v) is 16.5. The molecule has 0 aliphatic carbocycles. The number of benzene rings is 1. The SMILES string of the molecule is COc1ccc(-n2nc(C(=O)N3CCN4CCC3C(=O)C4)c3c2CCOC3)cc1. The third-order valence-corrected chi connectivity index (χ3v) is 6.10. The van der Waals surface area contributed by atoms with Crippen molar-refractivity contribution in [3.8, 4) is 11.4 Å². The second kappa shape index (κ2) is 7.27. The largest absolute Gasteiger partial charge is 0.497 e. The van der Waals surface area contributed by atoms with Gasteiger partial charge in [-0.1, -0.05) is 0 Å². The molecule has 2 aromatic rings. The molecule has 2 atom stereocenters. The number of fused-ring (bicyclic) bond motifs is 5. The molecular weight excluding hydrogens is 372 g/mol. The second-order valence-corrected chi connectivity index (χ2v) is 7.73. The van der Waals surface area contributed by atoms with E-state index >= 15 is 0 Å². The monoisotopic (exact) mass is 396 g/mol. The smallest absolute Gasteiger partial charge is 0.275 e. The van der Waals surface area contributed by atoms with E-state index in [9.17, 15) is 9.59 Å². The highest BCUT2D eigenvalue weighted by Crippen LogP contribution is 2.28. The van der Waals surface area contributed by atoms with Gasteiger partial charge >= 0.3 is 0 Å². The van der Waals surface area contributed by atoms with E-state index in [1.807, 2.05) is 28.9 Å². The van der Waals surface area contributed by atoms with Gasteiger partial charge in [-0.2, -0.15) is 5.10 Å². The summed E-state index contributed by atoms with van der Waals surface area (Å²) < 4.78 is 12.7. The third kappa shape index (κ3) is 3.12. The highest BCUT2D eigenvalue weighted by Gasteiger charge is 2.40. The molecule has 0 spiro atoms. The molecule has 4 aliphatic heterocycles. The molecule has 152 valence electrons. The molecule has 3 fully saturated rings. The Hall–Kier alpha value is -2.71. The summed E-state index contributed by atoms with van der Waals surface area (Å²) in [6, 6.07) is 7.28. The van der Waals surface area contributed by atoms with Gasteiger partial charge in [-0.3, -0.25) is 14.5 Å². The summed E-state index contributed by atoms with van der Waals surface area (Å²) >= 11 is 0. The Labute approximate surface area is 169 Å². The minimum atomic E-state index is -0.340. The number of hydrogen-bond acceptors (Lipinski definition) is 6.